The van der Waals surface area contributed by atoms with E-state index in [-0.39, 0.29) is 5.91 Å². The molecular weight excluding hydrogens is 260 g/mol. The number of likely N-dealkylation sites (N-methyl/N-ethyl adjacent to an activating group) is 1. The van der Waals surface area contributed by atoms with Crippen LogP contribution in [0.25, 0.3) is 10.2 Å². The van der Waals surface area contributed by atoms with Gasteiger partial charge in [-0.05, 0) is 39.0 Å². The fourth-order valence-electron chi connectivity index (χ4n) is 1.96. The molecule has 1 heterocycles. The summed E-state index contributed by atoms with van der Waals surface area (Å²) >= 11 is 1.52. The van der Waals surface area contributed by atoms with E-state index in [1.807, 2.05) is 19.1 Å². The van der Waals surface area contributed by atoms with Crippen molar-refractivity contribution >= 4 is 27.5 Å². The Morgan fingerprint density at radius 2 is 2.21 bits per heavy atom. The summed E-state index contributed by atoms with van der Waals surface area (Å²) in [5.74, 6) is -0.0556. The fourth-order valence-corrected chi connectivity index (χ4v) is 2.68. The number of thiazole rings is 1. The maximum atomic E-state index is 12.4. The maximum absolute atomic E-state index is 12.4. The second-order valence-electron chi connectivity index (χ2n) is 5.17. The smallest absolute Gasteiger partial charge is 0.253 e. The minimum absolute atomic E-state index is 0.0556. The maximum Gasteiger partial charge on any atom is 0.253 e. The first-order chi connectivity index (χ1) is 8.90. The molecule has 0 aliphatic heterocycles. The van der Waals surface area contributed by atoms with Crippen molar-refractivity contribution in [3.05, 3.63) is 29.3 Å². The van der Waals surface area contributed by atoms with Gasteiger partial charge in [-0.25, -0.2) is 4.98 Å². The first kappa shape index (κ1) is 14.0. The summed E-state index contributed by atoms with van der Waals surface area (Å²) in [5.41, 5.74) is 2.43. The summed E-state index contributed by atoms with van der Waals surface area (Å²) in [4.78, 5) is 18.3. The number of carbonyl (C=O) groups is 1. The summed E-state index contributed by atoms with van der Waals surface area (Å²) in [6.07, 6.45) is 0. The lowest BCUT2D eigenvalue weighted by molar-refractivity contribution is 0.0315. The predicted octanol–water partition coefficient (Wildman–Crippen LogP) is 2.53. The van der Waals surface area contributed by atoms with Gasteiger partial charge in [0.1, 0.15) is 0 Å². The third-order valence-electron chi connectivity index (χ3n) is 2.82. The van der Waals surface area contributed by atoms with Crippen molar-refractivity contribution in [3.63, 3.8) is 0 Å². The first-order valence-electron chi connectivity index (χ1n) is 6.25. The highest BCUT2D eigenvalue weighted by atomic mass is 32.1. The SMILES string of the molecule is CCN(CC(C)(C)O)C(=O)c1ccc2ncsc2c1. The molecule has 0 unspecified atom stereocenters. The predicted molar refractivity (Wildman–Crippen MR) is 77.5 cm³/mol. The molecule has 0 fully saturated rings. The second kappa shape index (κ2) is 5.27. The third-order valence-corrected chi connectivity index (χ3v) is 3.62. The van der Waals surface area contributed by atoms with Gasteiger partial charge in [-0.15, -0.1) is 11.3 Å². The molecular formula is C14H18N2O2S. The number of carbonyl (C=O) groups excluding carboxylic acids is 1. The molecule has 1 aromatic heterocycles. The normalized spacial score (nSPS) is 11.8. The Labute approximate surface area is 116 Å². The summed E-state index contributed by atoms with van der Waals surface area (Å²) in [6, 6.07) is 5.51. The van der Waals surface area contributed by atoms with Gasteiger partial charge in [0.25, 0.3) is 5.91 Å². The summed E-state index contributed by atoms with van der Waals surface area (Å²) in [5, 5.41) is 9.85. The van der Waals surface area contributed by atoms with E-state index in [0.717, 1.165) is 10.2 Å². The molecule has 1 aromatic carbocycles. The Balaban J connectivity index is 2.25. The minimum atomic E-state index is -0.889. The molecule has 0 bridgehead atoms. The van der Waals surface area contributed by atoms with E-state index >= 15 is 0 Å². The average Bonchev–Trinajstić information content (AvgIpc) is 2.81. The number of hydrogen-bond donors (Lipinski definition) is 1. The van der Waals surface area contributed by atoms with Crippen molar-refractivity contribution in [3.8, 4) is 0 Å². The highest BCUT2D eigenvalue weighted by molar-refractivity contribution is 7.16. The van der Waals surface area contributed by atoms with Crippen molar-refractivity contribution < 1.29 is 9.90 Å². The second-order valence-corrected chi connectivity index (χ2v) is 6.05. The number of aromatic nitrogens is 1. The number of hydrogen-bond acceptors (Lipinski definition) is 4. The lowest BCUT2D eigenvalue weighted by atomic mass is 10.1. The molecule has 0 aliphatic carbocycles. The van der Waals surface area contributed by atoms with Gasteiger partial charge < -0.3 is 10.0 Å². The van der Waals surface area contributed by atoms with Crippen LogP contribution in [0, 0.1) is 0 Å². The lowest BCUT2D eigenvalue weighted by Gasteiger charge is -2.28. The van der Waals surface area contributed by atoms with Gasteiger partial charge in [0.05, 0.1) is 21.3 Å². The molecule has 2 rings (SSSR count). The molecule has 0 saturated carbocycles. The topological polar surface area (TPSA) is 53.4 Å². The number of nitrogens with zero attached hydrogens (tertiary/aromatic N) is 2. The number of aliphatic hydroxyl groups is 1. The molecule has 102 valence electrons. The Kier molecular flexibility index (Phi) is 3.87. The Bertz CT molecular complexity index is 586. The van der Waals surface area contributed by atoms with Gasteiger partial charge in [0.2, 0.25) is 0 Å². The minimum Gasteiger partial charge on any atom is -0.389 e. The van der Waals surface area contributed by atoms with Crippen LogP contribution in [0.15, 0.2) is 23.7 Å². The van der Waals surface area contributed by atoms with Gasteiger partial charge in [-0.1, -0.05) is 0 Å². The molecule has 0 saturated heterocycles. The number of fused-ring (bicyclic) bond motifs is 1. The molecule has 0 radical (unpaired) electrons. The van der Waals surface area contributed by atoms with Crippen LogP contribution in [0.2, 0.25) is 0 Å². The van der Waals surface area contributed by atoms with Crippen LogP contribution in [0.3, 0.4) is 0 Å². The highest BCUT2D eigenvalue weighted by Gasteiger charge is 2.22. The van der Waals surface area contributed by atoms with E-state index in [1.165, 1.54) is 11.3 Å². The number of amides is 1. The van der Waals surface area contributed by atoms with Crippen LogP contribution >= 0.6 is 11.3 Å². The summed E-state index contributed by atoms with van der Waals surface area (Å²) in [7, 11) is 0. The third kappa shape index (κ3) is 3.30. The summed E-state index contributed by atoms with van der Waals surface area (Å²) in [6.45, 7) is 6.21. The van der Waals surface area contributed by atoms with Gasteiger partial charge in [0.15, 0.2) is 0 Å². The van der Waals surface area contributed by atoms with E-state index in [4.69, 9.17) is 0 Å². The average molecular weight is 278 g/mol. The summed E-state index contributed by atoms with van der Waals surface area (Å²) < 4.78 is 1.00. The molecule has 19 heavy (non-hydrogen) atoms. The monoisotopic (exact) mass is 278 g/mol. The van der Waals surface area contributed by atoms with Crippen molar-refractivity contribution in [1.29, 1.82) is 0 Å². The van der Waals surface area contributed by atoms with Crippen molar-refractivity contribution in [2.75, 3.05) is 13.1 Å². The zero-order valence-corrected chi connectivity index (χ0v) is 12.2. The Morgan fingerprint density at radius 3 is 2.84 bits per heavy atom. The van der Waals surface area contributed by atoms with E-state index in [0.29, 0.717) is 18.7 Å². The van der Waals surface area contributed by atoms with Crippen LogP contribution in [-0.4, -0.2) is 39.6 Å². The van der Waals surface area contributed by atoms with Crippen LogP contribution < -0.4 is 0 Å². The van der Waals surface area contributed by atoms with Gasteiger partial charge in [-0.2, -0.15) is 0 Å². The fraction of sp³-hybridized carbons (Fsp3) is 0.429. The molecule has 2 aromatic rings. The first-order valence-corrected chi connectivity index (χ1v) is 7.13. The molecule has 0 aliphatic rings. The Morgan fingerprint density at radius 1 is 1.47 bits per heavy atom. The molecule has 0 atom stereocenters. The molecule has 5 heteroatoms. The van der Waals surface area contributed by atoms with Crippen molar-refractivity contribution in [2.24, 2.45) is 0 Å². The van der Waals surface area contributed by atoms with Crippen LogP contribution in [0.5, 0.6) is 0 Å². The van der Waals surface area contributed by atoms with Crippen LogP contribution in [0.1, 0.15) is 31.1 Å². The van der Waals surface area contributed by atoms with E-state index in [9.17, 15) is 9.90 Å². The van der Waals surface area contributed by atoms with Gasteiger partial charge >= 0.3 is 0 Å². The number of benzene rings is 1. The van der Waals surface area contributed by atoms with E-state index < -0.39 is 5.60 Å². The van der Waals surface area contributed by atoms with E-state index in [1.54, 1.807) is 30.3 Å². The molecule has 1 N–H and O–H groups in total. The van der Waals surface area contributed by atoms with E-state index in [2.05, 4.69) is 4.98 Å². The molecule has 0 spiro atoms. The highest BCUT2D eigenvalue weighted by Crippen LogP contribution is 2.20. The zero-order chi connectivity index (χ0) is 14.0. The van der Waals surface area contributed by atoms with Crippen molar-refractivity contribution in [1.82, 2.24) is 9.88 Å². The lowest BCUT2D eigenvalue weighted by Crippen LogP contribution is -2.42. The Hall–Kier alpha value is -1.46. The quantitative estimate of drug-likeness (QED) is 0.935. The standard InChI is InChI=1S/C14H18N2O2S/c1-4-16(8-14(2,3)18)13(17)10-5-6-11-12(7-10)19-9-15-11/h5-7,9,18H,4,8H2,1-3H3. The van der Waals surface area contributed by atoms with Gasteiger partial charge in [0, 0.05) is 18.7 Å². The molecule has 4 nitrogen and oxygen atoms in total. The molecule has 1 amide bonds. The van der Waals surface area contributed by atoms with Crippen molar-refractivity contribution in [2.45, 2.75) is 26.4 Å². The largest absolute Gasteiger partial charge is 0.389 e. The van der Waals surface area contributed by atoms with Gasteiger partial charge in [-0.3, -0.25) is 4.79 Å². The zero-order valence-electron chi connectivity index (χ0n) is 11.4. The number of rotatable bonds is 4. The van der Waals surface area contributed by atoms with Crippen LogP contribution in [0.4, 0.5) is 0 Å². The van der Waals surface area contributed by atoms with Crippen LogP contribution in [-0.2, 0) is 0 Å².